The quantitative estimate of drug-likeness (QED) is 0.702. The fourth-order valence-electron chi connectivity index (χ4n) is 3.01. The second-order valence-corrected chi connectivity index (χ2v) is 7.86. The van der Waals surface area contributed by atoms with Crippen molar-refractivity contribution in [2.24, 2.45) is 0 Å². The highest BCUT2D eigenvalue weighted by Gasteiger charge is 2.20. The summed E-state index contributed by atoms with van der Waals surface area (Å²) < 4.78 is 5.07. The van der Waals surface area contributed by atoms with Crippen LogP contribution in [-0.4, -0.2) is 42.4 Å². The molecule has 0 unspecified atom stereocenters. The second kappa shape index (κ2) is 10.7. The Morgan fingerprint density at radius 1 is 1.00 bits per heavy atom. The summed E-state index contributed by atoms with van der Waals surface area (Å²) in [6, 6.07) is 17.3. The number of amides is 2. The lowest BCUT2D eigenvalue weighted by Crippen LogP contribution is -2.36. The summed E-state index contributed by atoms with van der Waals surface area (Å²) in [7, 11) is 0. The van der Waals surface area contributed by atoms with Crippen molar-refractivity contribution in [2.45, 2.75) is 35.5 Å². The molecule has 1 aliphatic heterocycles. The molecule has 2 aromatic carbocycles. The molecule has 0 spiro atoms. The van der Waals surface area contributed by atoms with Crippen LogP contribution in [0.5, 0.6) is 0 Å². The zero-order valence-electron chi connectivity index (χ0n) is 16.1. The summed E-state index contributed by atoms with van der Waals surface area (Å²) in [4.78, 5) is 39.7. The molecule has 1 heterocycles. The molecule has 0 saturated carbocycles. The molecule has 7 heteroatoms. The Bertz CT molecular complexity index is 857. The van der Waals surface area contributed by atoms with Gasteiger partial charge in [-0.25, -0.2) is 0 Å². The van der Waals surface area contributed by atoms with Crippen LogP contribution in [-0.2, 0) is 19.1 Å². The lowest BCUT2D eigenvalue weighted by molar-refractivity contribution is -0.151. The molecule has 6 nitrogen and oxygen atoms in total. The van der Waals surface area contributed by atoms with Crippen molar-refractivity contribution in [1.29, 1.82) is 0 Å². The topological polar surface area (TPSA) is 75.7 Å². The smallest absolute Gasteiger partial charge is 0.326 e. The van der Waals surface area contributed by atoms with Gasteiger partial charge in [0.1, 0.15) is 6.54 Å². The minimum absolute atomic E-state index is 0.0317. The summed E-state index contributed by atoms with van der Waals surface area (Å²) >= 11 is 1.54. The average molecular weight is 413 g/mol. The lowest BCUT2D eigenvalue weighted by Gasteiger charge is -2.19. The third kappa shape index (κ3) is 6.64. The van der Waals surface area contributed by atoms with Gasteiger partial charge in [-0.15, -0.1) is 0 Å². The first-order valence-corrected chi connectivity index (χ1v) is 10.5. The summed E-state index contributed by atoms with van der Waals surface area (Å²) in [5.74, 6) is -1.01. The molecular formula is C22H24N2O4S. The summed E-state index contributed by atoms with van der Waals surface area (Å²) in [5, 5.41) is 2.79. The Balaban J connectivity index is 1.50. The van der Waals surface area contributed by atoms with E-state index in [2.05, 4.69) is 5.32 Å². The lowest BCUT2D eigenvalue weighted by atomic mass is 10.2. The number of carbonyl (C=O) groups is 3. The van der Waals surface area contributed by atoms with Crippen LogP contribution in [0.2, 0.25) is 0 Å². The maximum Gasteiger partial charge on any atom is 0.326 e. The van der Waals surface area contributed by atoms with E-state index in [0.717, 1.165) is 29.1 Å². The van der Waals surface area contributed by atoms with E-state index < -0.39 is 11.9 Å². The van der Waals surface area contributed by atoms with Gasteiger partial charge < -0.3 is 15.0 Å². The maximum absolute atomic E-state index is 12.3. The molecule has 1 fully saturated rings. The Morgan fingerprint density at radius 2 is 1.76 bits per heavy atom. The summed E-state index contributed by atoms with van der Waals surface area (Å²) in [5.41, 5.74) is 0.657. The second-order valence-electron chi connectivity index (χ2n) is 6.75. The first kappa shape index (κ1) is 20.9. The third-order valence-corrected chi connectivity index (χ3v) is 5.57. The number of likely N-dealkylation sites (tertiary alicyclic amines) is 1. The summed E-state index contributed by atoms with van der Waals surface area (Å²) in [6.07, 6.45) is 3.19. The molecule has 1 saturated heterocycles. The highest BCUT2D eigenvalue weighted by Crippen LogP contribution is 2.33. The van der Waals surface area contributed by atoms with Crippen LogP contribution in [0.1, 0.15) is 25.7 Å². The predicted molar refractivity (Wildman–Crippen MR) is 112 cm³/mol. The number of benzene rings is 2. The molecular weight excluding hydrogens is 388 g/mol. The maximum atomic E-state index is 12.3. The van der Waals surface area contributed by atoms with E-state index in [0.29, 0.717) is 18.7 Å². The van der Waals surface area contributed by atoms with Crippen molar-refractivity contribution in [1.82, 2.24) is 4.90 Å². The highest BCUT2D eigenvalue weighted by atomic mass is 32.2. The van der Waals surface area contributed by atoms with Crippen LogP contribution in [0.25, 0.3) is 0 Å². The van der Waals surface area contributed by atoms with Crippen LogP contribution in [0.3, 0.4) is 0 Å². The van der Waals surface area contributed by atoms with Crippen LogP contribution in [0.4, 0.5) is 5.69 Å². The molecule has 0 aliphatic carbocycles. The van der Waals surface area contributed by atoms with Gasteiger partial charge in [-0.1, -0.05) is 48.5 Å². The van der Waals surface area contributed by atoms with E-state index in [1.165, 1.54) is 16.7 Å². The van der Waals surface area contributed by atoms with E-state index in [1.807, 2.05) is 48.5 Å². The molecule has 0 aromatic heterocycles. The number of anilines is 1. The highest BCUT2D eigenvalue weighted by molar-refractivity contribution is 7.99. The SMILES string of the molecule is O=C(COC(=O)CN1CCCCCC1=O)Nc1ccccc1Sc1ccccc1. The zero-order chi connectivity index (χ0) is 20.5. The van der Waals surface area contributed by atoms with Crippen molar-refractivity contribution in [2.75, 3.05) is 25.0 Å². The van der Waals surface area contributed by atoms with Gasteiger partial charge in [0.05, 0.1) is 5.69 Å². The Morgan fingerprint density at radius 3 is 2.59 bits per heavy atom. The van der Waals surface area contributed by atoms with E-state index >= 15 is 0 Å². The number of nitrogens with one attached hydrogen (secondary N) is 1. The number of ether oxygens (including phenoxy) is 1. The molecule has 152 valence electrons. The van der Waals surface area contributed by atoms with Gasteiger partial charge in [0, 0.05) is 22.8 Å². The largest absolute Gasteiger partial charge is 0.454 e. The molecule has 2 aromatic rings. The zero-order valence-corrected chi connectivity index (χ0v) is 17.0. The van der Waals surface area contributed by atoms with E-state index in [4.69, 9.17) is 4.74 Å². The number of hydrogen-bond acceptors (Lipinski definition) is 5. The number of nitrogens with zero attached hydrogens (tertiary/aromatic N) is 1. The van der Waals surface area contributed by atoms with Crippen LogP contribution >= 0.6 is 11.8 Å². The fraction of sp³-hybridized carbons (Fsp3) is 0.318. The van der Waals surface area contributed by atoms with Gasteiger partial charge in [0.15, 0.2) is 6.61 Å². The molecule has 0 atom stereocenters. The number of rotatable bonds is 7. The van der Waals surface area contributed by atoms with Gasteiger partial charge in [0.2, 0.25) is 5.91 Å². The van der Waals surface area contributed by atoms with Crippen molar-refractivity contribution < 1.29 is 19.1 Å². The van der Waals surface area contributed by atoms with Gasteiger partial charge in [-0.05, 0) is 37.1 Å². The molecule has 0 bridgehead atoms. The molecule has 2 amide bonds. The van der Waals surface area contributed by atoms with Crippen molar-refractivity contribution in [3.63, 3.8) is 0 Å². The van der Waals surface area contributed by atoms with Crippen LogP contribution < -0.4 is 5.32 Å². The normalized spacial score (nSPS) is 14.2. The number of hydrogen-bond donors (Lipinski definition) is 1. The fourth-order valence-corrected chi connectivity index (χ4v) is 3.94. The van der Waals surface area contributed by atoms with E-state index in [9.17, 15) is 14.4 Å². The van der Waals surface area contributed by atoms with Gasteiger partial charge in [-0.2, -0.15) is 0 Å². The minimum atomic E-state index is -0.567. The van der Waals surface area contributed by atoms with Crippen molar-refractivity contribution in [3.05, 3.63) is 54.6 Å². The molecule has 0 radical (unpaired) electrons. The van der Waals surface area contributed by atoms with E-state index in [-0.39, 0.29) is 19.1 Å². The molecule has 3 rings (SSSR count). The van der Waals surface area contributed by atoms with E-state index in [1.54, 1.807) is 6.07 Å². The van der Waals surface area contributed by atoms with Crippen LogP contribution in [0.15, 0.2) is 64.4 Å². The van der Waals surface area contributed by atoms with Crippen molar-refractivity contribution >= 4 is 35.2 Å². The Labute approximate surface area is 174 Å². The molecule has 1 aliphatic rings. The number of para-hydroxylation sites is 1. The monoisotopic (exact) mass is 412 g/mol. The summed E-state index contributed by atoms with van der Waals surface area (Å²) in [6.45, 7) is 0.0714. The number of carbonyl (C=O) groups excluding carboxylic acids is 3. The van der Waals surface area contributed by atoms with Crippen LogP contribution in [0, 0.1) is 0 Å². The van der Waals surface area contributed by atoms with Gasteiger partial charge in [-0.3, -0.25) is 14.4 Å². The third-order valence-electron chi connectivity index (χ3n) is 4.49. The average Bonchev–Trinajstić information content (AvgIpc) is 2.93. The first-order chi connectivity index (χ1) is 14.1. The van der Waals surface area contributed by atoms with Gasteiger partial charge in [0.25, 0.3) is 5.91 Å². The standard InChI is InChI=1S/C22H24N2O4S/c25-20(16-28-22(27)15-24-14-8-2-5-13-21(24)26)23-18-11-6-7-12-19(18)29-17-9-3-1-4-10-17/h1,3-4,6-7,9-12H,2,5,8,13-16H2,(H,23,25). The Hall–Kier alpha value is -2.80. The predicted octanol–water partition coefficient (Wildman–Crippen LogP) is 3.72. The Kier molecular flexibility index (Phi) is 7.69. The first-order valence-electron chi connectivity index (χ1n) is 9.67. The molecule has 29 heavy (non-hydrogen) atoms. The number of esters is 1. The minimum Gasteiger partial charge on any atom is -0.454 e. The molecule has 1 N–H and O–H groups in total. The van der Waals surface area contributed by atoms with Gasteiger partial charge >= 0.3 is 5.97 Å². The van der Waals surface area contributed by atoms with Crippen molar-refractivity contribution in [3.8, 4) is 0 Å².